The van der Waals surface area contributed by atoms with Gasteiger partial charge in [-0.25, -0.2) is 21.6 Å². The predicted octanol–water partition coefficient (Wildman–Crippen LogP) is 2.06. The van der Waals surface area contributed by atoms with Crippen LogP contribution in [-0.2, 0) is 19.9 Å². The third-order valence-corrected chi connectivity index (χ3v) is 6.03. The first kappa shape index (κ1) is 19.4. The molecular formula is C17H21NO5S2. The number of hydrogen-bond acceptors (Lipinski definition) is 5. The van der Waals surface area contributed by atoms with Crippen molar-refractivity contribution in [2.75, 3.05) is 19.4 Å². The van der Waals surface area contributed by atoms with Crippen molar-refractivity contribution in [2.24, 2.45) is 0 Å². The van der Waals surface area contributed by atoms with Gasteiger partial charge in [-0.3, -0.25) is 0 Å². The van der Waals surface area contributed by atoms with Crippen LogP contribution in [0.15, 0.2) is 52.3 Å². The Hall–Kier alpha value is -1.90. The van der Waals surface area contributed by atoms with Crippen molar-refractivity contribution in [3.05, 3.63) is 53.6 Å². The lowest BCUT2D eigenvalue weighted by atomic mass is 10.1. The van der Waals surface area contributed by atoms with Gasteiger partial charge < -0.3 is 4.74 Å². The molecule has 0 saturated carbocycles. The summed E-state index contributed by atoms with van der Waals surface area (Å²) in [6, 6.07) is 10.9. The van der Waals surface area contributed by atoms with Gasteiger partial charge in [0.2, 0.25) is 10.0 Å². The molecule has 0 bridgehead atoms. The molecule has 0 heterocycles. The van der Waals surface area contributed by atoms with Crippen molar-refractivity contribution in [3.63, 3.8) is 0 Å². The second-order valence-corrected chi connectivity index (χ2v) is 9.60. The largest absolute Gasteiger partial charge is 0.492 e. The monoisotopic (exact) mass is 383 g/mol. The minimum atomic E-state index is -3.72. The van der Waals surface area contributed by atoms with Crippen LogP contribution >= 0.6 is 0 Å². The summed E-state index contributed by atoms with van der Waals surface area (Å²) >= 11 is 0. The fraction of sp³-hybridized carbons (Fsp3) is 0.294. The summed E-state index contributed by atoms with van der Waals surface area (Å²) in [5.41, 5.74) is 2.14. The lowest BCUT2D eigenvalue weighted by Crippen LogP contribution is -2.28. The Kier molecular flexibility index (Phi) is 5.87. The van der Waals surface area contributed by atoms with Gasteiger partial charge >= 0.3 is 0 Å². The third kappa shape index (κ3) is 5.55. The van der Waals surface area contributed by atoms with Crippen LogP contribution in [0.5, 0.6) is 5.75 Å². The van der Waals surface area contributed by atoms with Gasteiger partial charge in [0.25, 0.3) is 0 Å². The lowest BCUT2D eigenvalue weighted by Gasteiger charge is -2.10. The summed E-state index contributed by atoms with van der Waals surface area (Å²) in [7, 11) is -7.08. The Morgan fingerprint density at radius 3 is 1.92 bits per heavy atom. The molecule has 0 amide bonds. The molecule has 0 atom stereocenters. The zero-order valence-corrected chi connectivity index (χ0v) is 15.9. The number of benzene rings is 2. The Labute approximate surface area is 148 Å². The van der Waals surface area contributed by atoms with Gasteiger partial charge in [0.05, 0.1) is 9.79 Å². The average Bonchev–Trinajstić information content (AvgIpc) is 2.50. The van der Waals surface area contributed by atoms with E-state index in [9.17, 15) is 16.8 Å². The van der Waals surface area contributed by atoms with Crippen LogP contribution in [0.2, 0.25) is 0 Å². The van der Waals surface area contributed by atoms with E-state index >= 15 is 0 Å². The van der Waals surface area contributed by atoms with E-state index in [4.69, 9.17) is 4.74 Å². The van der Waals surface area contributed by atoms with Gasteiger partial charge in [-0.05, 0) is 61.4 Å². The highest BCUT2D eigenvalue weighted by molar-refractivity contribution is 7.90. The molecule has 136 valence electrons. The summed E-state index contributed by atoms with van der Waals surface area (Å²) in [5, 5.41) is 0. The Morgan fingerprint density at radius 1 is 0.880 bits per heavy atom. The van der Waals surface area contributed by atoms with Crippen molar-refractivity contribution >= 4 is 19.9 Å². The summed E-state index contributed by atoms with van der Waals surface area (Å²) in [6.45, 7) is 4.21. The minimum absolute atomic E-state index is 0.00583. The number of nitrogens with one attached hydrogen (secondary N) is 1. The molecule has 25 heavy (non-hydrogen) atoms. The van der Waals surface area contributed by atoms with Crippen LogP contribution in [0.25, 0.3) is 0 Å². The summed E-state index contributed by atoms with van der Waals surface area (Å²) in [6.07, 6.45) is 1.07. The second-order valence-electron chi connectivity index (χ2n) is 5.81. The normalized spacial score (nSPS) is 12.1. The number of ether oxygens (including phenoxy) is 1. The van der Waals surface area contributed by atoms with Crippen molar-refractivity contribution < 1.29 is 21.6 Å². The smallest absolute Gasteiger partial charge is 0.240 e. The lowest BCUT2D eigenvalue weighted by molar-refractivity contribution is 0.322. The highest BCUT2D eigenvalue weighted by Gasteiger charge is 2.15. The number of sulfone groups is 1. The van der Waals surface area contributed by atoms with Gasteiger partial charge in [0.15, 0.2) is 9.84 Å². The molecule has 0 aliphatic carbocycles. The molecule has 0 aliphatic heterocycles. The molecule has 0 unspecified atom stereocenters. The number of hydrogen-bond donors (Lipinski definition) is 1. The maximum Gasteiger partial charge on any atom is 0.240 e. The molecule has 0 radical (unpaired) electrons. The second kappa shape index (κ2) is 7.55. The summed E-state index contributed by atoms with van der Waals surface area (Å²) in [4.78, 5) is 0.0795. The molecule has 2 aromatic rings. The zero-order chi connectivity index (χ0) is 18.7. The molecule has 1 N–H and O–H groups in total. The molecule has 0 aromatic heterocycles. The van der Waals surface area contributed by atoms with Crippen molar-refractivity contribution in [1.82, 2.24) is 4.72 Å². The molecule has 0 saturated heterocycles. The zero-order valence-electron chi connectivity index (χ0n) is 14.3. The Morgan fingerprint density at radius 2 is 1.40 bits per heavy atom. The minimum Gasteiger partial charge on any atom is -0.492 e. The van der Waals surface area contributed by atoms with Gasteiger partial charge in [-0.15, -0.1) is 0 Å². The van der Waals surface area contributed by atoms with Gasteiger partial charge in [0.1, 0.15) is 12.4 Å². The molecular weight excluding hydrogens is 362 g/mol. The molecule has 2 rings (SSSR count). The SMILES string of the molecule is Cc1cc(C)cc(OCCNS(=O)(=O)c2ccc(S(C)(=O)=O)cc2)c1. The van der Waals surface area contributed by atoms with E-state index in [1.807, 2.05) is 32.0 Å². The Balaban J connectivity index is 1.95. The highest BCUT2D eigenvalue weighted by Crippen LogP contribution is 2.16. The van der Waals surface area contributed by atoms with E-state index in [1.54, 1.807) is 0 Å². The van der Waals surface area contributed by atoms with Gasteiger partial charge in [-0.2, -0.15) is 0 Å². The van der Waals surface area contributed by atoms with Crippen LogP contribution < -0.4 is 9.46 Å². The van der Waals surface area contributed by atoms with E-state index in [2.05, 4.69) is 4.72 Å². The van der Waals surface area contributed by atoms with Crippen LogP contribution in [0.3, 0.4) is 0 Å². The average molecular weight is 383 g/mol. The van der Waals surface area contributed by atoms with Crippen LogP contribution in [0.4, 0.5) is 0 Å². The molecule has 2 aromatic carbocycles. The number of rotatable bonds is 7. The van der Waals surface area contributed by atoms with Crippen LogP contribution in [0, 0.1) is 13.8 Å². The summed E-state index contributed by atoms with van der Waals surface area (Å²) in [5.74, 6) is 0.689. The molecule has 0 aliphatic rings. The Bertz CT molecular complexity index is 929. The van der Waals surface area contributed by atoms with E-state index in [1.165, 1.54) is 24.3 Å². The fourth-order valence-electron chi connectivity index (χ4n) is 2.31. The first-order valence-corrected chi connectivity index (χ1v) is 11.0. The van der Waals surface area contributed by atoms with E-state index < -0.39 is 19.9 Å². The van der Waals surface area contributed by atoms with Gasteiger partial charge in [-0.1, -0.05) is 6.07 Å². The fourth-order valence-corrected chi connectivity index (χ4v) is 3.95. The maximum absolute atomic E-state index is 12.2. The third-order valence-electron chi connectivity index (χ3n) is 3.42. The highest BCUT2D eigenvalue weighted by atomic mass is 32.2. The van der Waals surface area contributed by atoms with E-state index in [0.29, 0.717) is 5.75 Å². The van der Waals surface area contributed by atoms with Crippen LogP contribution in [-0.4, -0.2) is 36.2 Å². The molecule has 0 fully saturated rings. The molecule has 0 spiro atoms. The number of sulfonamides is 1. The van der Waals surface area contributed by atoms with Gasteiger partial charge in [0, 0.05) is 12.8 Å². The first-order chi connectivity index (χ1) is 11.6. The quantitative estimate of drug-likeness (QED) is 0.739. The van der Waals surface area contributed by atoms with Crippen molar-refractivity contribution in [1.29, 1.82) is 0 Å². The predicted molar refractivity (Wildman–Crippen MR) is 96.2 cm³/mol. The molecule has 8 heteroatoms. The van der Waals surface area contributed by atoms with E-state index in [-0.39, 0.29) is 22.9 Å². The van der Waals surface area contributed by atoms with Crippen molar-refractivity contribution in [2.45, 2.75) is 23.6 Å². The standard InChI is InChI=1S/C17H21NO5S2/c1-13-10-14(2)12-15(11-13)23-9-8-18-25(21,22)17-6-4-16(5-7-17)24(3,19)20/h4-7,10-12,18H,8-9H2,1-3H3. The summed E-state index contributed by atoms with van der Waals surface area (Å²) < 4.78 is 55.2. The topological polar surface area (TPSA) is 89.5 Å². The van der Waals surface area contributed by atoms with E-state index in [0.717, 1.165) is 17.4 Å². The molecule has 6 nitrogen and oxygen atoms in total. The van der Waals surface area contributed by atoms with Crippen molar-refractivity contribution in [3.8, 4) is 5.75 Å². The van der Waals surface area contributed by atoms with Crippen LogP contribution in [0.1, 0.15) is 11.1 Å². The number of aryl methyl sites for hydroxylation is 2. The first-order valence-electron chi connectivity index (χ1n) is 7.59. The maximum atomic E-state index is 12.2.